The number of carboxylic acid groups (broad SMARTS) is 1. The van der Waals surface area contributed by atoms with Crippen LogP contribution in [0.1, 0.15) is 30.0 Å². The average Bonchev–Trinajstić information content (AvgIpc) is 3.18. The molecular weight excluding hydrogens is 327 g/mol. The first kappa shape index (κ1) is 18.7. The summed E-state index contributed by atoms with van der Waals surface area (Å²) >= 11 is 0. The number of methoxy groups -OCH3 is 1. The molecule has 0 aromatic carbocycles. The van der Waals surface area contributed by atoms with Gasteiger partial charge in [0.1, 0.15) is 0 Å². The number of hydrogen-bond acceptors (Lipinski definition) is 4. The Morgan fingerprint density at radius 3 is 2.58 bits per heavy atom. The van der Waals surface area contributed by atoms with E-state index in [1.165, 1.54) is 30.6 Å². The zero-order valence-electron chi connectivity index (χ0n) is 13.7. The van der Waals surface area contributed by atoms with Crippen LogP contribution in [-0.4, -0.2) is 58.7 Å². The highest BCUT2D eigenvalue weighted by Gasteiger charge is 2.38. The van der Waals surface area contributed by atoms with Crippen LogP contribution in [0.25, 0.3) is 0 Å². The van der Waals surface area contributed by atoms with Crippen LogP contribution in [-0.2, 0) is 23.1 Å². The van der Waals surface area contributed by atoms with E-state index >= 15 is 0 Å². The van der Waals surface area contributed by atoms with Crippen LogP contribution < -0.4 is 0 Å². The summed E-state index contributed by atoms with van der Waals surface area (Å²) in [4.78, 5) is 11.4. The second kappa shape index (κ2) is 7.52. The molecule has 1 saturated carbocycles. The summed E-state index contributed by atoms with van der Waals surface area (Å²) in [5.74, 6) is -1.31. The Hall–Kier alpha value is -1.61. The molecule has 0 bridgehead atoms. The Kier molecular flexibility index (Phi) is 5.87. The Labute approximate surface area is 138 Å². The van der Waals surface area contributed by atoms with E-state index in [4.69, 9.17) is 14.6 Å². The predicted octanol–water partition coefficient (Wildman–Crippen LogP) is 2.01. The quantitative estimate of drug-likeness (QED) is 0.901. The number of hydrogen-bond donors (Lipinski definition) is 1. The third-order valence-electron chi connectivity index (χ3n) is 4.05. The third-order valence-corrected chi connectivity index (χ3v) is 4.05. The highest BCUT2D eigenvalue weighted by Crippen LogP contribution is 2.33. The summed E-state index contributed by atoms with van der Waals surface area (Å²) in [6.45, 7) is 4.20. The van der Waals surface area contributed by atoms with Gasteiger partial charge in [0.15, 0.2) is 0 Å². The van der Waals surface area contributed by atoms with E-state index in [-0.39, 0.29) is 0 Å². The van der Waals surface area contributed by atoms with Crippen LogP contribution in [0.5, 0.6) is 0 Å². The molecule has 1 aromatic heterocycles. The molecule has 2 heterocycles. The average molecular weight is 349 g/mol. The first-order valence-corrected chi connectivity index (χ1v) is 7.74. The SMILES string of the molecule is COCC1CN(CC2CC2)Cc2nn(C)cc21.O=C(O)C(F)(F)F. The fourth-order valence-electron chi connectivity index (χ4n) is 2.85. The van der Waals surface area contributed by atoms with E-state index in [0.29, 0.717) is 5.92 Å². The highest BCUT2D eigenvalue weighted by molar-refractivity contribution is 5.73. The van der Waals surface area contributed by atoms with Crippen molar-refractivity contribution in [2.75, 3.05) is 26.8 Å². The molecule has 1 fully saturated rings. The molecular formula is C15H22F3N3O3. The third kappa shape index (κ3) is 5.20. The zero-order valence-corrected chi connectivity index (χ0v) is 13.7. The van der Waals surface area contributed by atoms with Gasteiger partial charge in [-0.2, -0.15) is 18.3 Å². The predicted molar refractivity (Wildman–Crippen MR) is 79.5 cm³/mol. The van der Waals surface area contributed by atoms with E-state index in [9.17, 15) is 13.2 Å². The molecule has 0 spiro atoms. The van der Waals surface area contributed by atoms with Crippen molar-refractivity contribution < 1.29 is 27.8 Å². The van der Waals surface area contributed by atoms with Crippen molar-refractivity contribution in [2.24, 2.45) is 13.0 Å². The monoisotopic (exact) mass is 349 g/mol. The number of alkyl halides is 3. The van der Waals surface area contributed by atoms with Gasteiger partial charge in [0.25, 0.3) is 0 Å². The number of ether oxygens (including phenoxy) is 1. The number of rotatable bonds is 4. The fourth-order valence-corrected chi connectivity index (χ4v) is 2.85. The molecule has 3 rings (SSSR count). The van der Waals surface area contributed by atoms with Crippen molar-refractivity contribution >= 4 is 5.97 Å². The molecule has 1 aromatic rings. The number of carboxylic acids is 1. The molecule has 1 aliphatic heterocycles. The summed E-state index contributed by atoms with van der Waals surface area (Å²) in [5, 5.41) is 11.7. The summed E-state index contributed by atoms with van der Waals surface area (Å²) in [5.41, 5.74) is 2.64. The topological polar surface area (TPSA) is 67.6 Å². The van der Waals surface area contributed by atoms with Gasteiger partial charge in [0.2, 0.25) is 0 Å². The summed E-state index contributed by atoms with van der Waals surface area (Å²) in [6.07, 6.45) is -0.0888. The number of fused-ring (bicyclic) bond motifs is 1. The number of aryl methyl sites for hydroxylation is 1. The first-order valence-electron chi connectivity index (χ1n) is 7.74. The van der Waals surface area contributed by atoms with Crippen molar-refractivity contribution in [1.29, 1.82) is 0 Å². The molecule has 2 aliphatic rings. The van der Waals surface area contributed by atoms with E-state index < -0.39 is 12.1 Å². The van der Waals surface area contributed by atoms with Crippen molar-refractivity contribution in [3.05, 3.63) is 17.5 Å². The molecule has 1 unspecified atom stereocenters. The zero-order chi connectivity index (χ0) is 17.9. The molecule has 1 N–H and O–H groups in total. The largest absolute Gasteiger partial charge is 0.490 e. The maximum atomic E-state index is 10.6. The Morgan fingerprint density at radius 1 is 1.46 bits per heavy atom. The lowest BCUT2D eigenvalue weighted by Gasteiger charge is -2.31. The van der Waals surface area contributed by atoms with Gasteiger partial charge >= 0.3 is 12.1 Å². The Bertz CT molecular complexity index is 570. The van der Waals surface area contributed by atoms with Gasteiger partial charge < -0.3 is 9.84 Å². The van der Waals surface area contributed by atoms with E-state index in [1.807, 2.05) is 11.7 Å². The lowest BCUT2D eigenvalue weighted by atomic mass is 9.95. The molecule has 0 amide bonds. The second-order valence-electron chi connectivity index (χ2n) is 6.30. The van der Waals surface area contributed by atoms with E-state index in [0.717, 1.165) is 25.6 Å². The first-order chi connectivity index (χ1) is 11.2. The molecule has 0 radical (unpaired) electrons. The van der Waals surface area contributed by atoms with Crippen LogP contribution >= 0.6 is 0 Å². The number of halogens is 3. The van der Waals surface area contributed by atoms with E-state index in [2.05, 4.69) is 16.2 Å². The van der Waals surface area contributed by atoms with Crippen molar-refractivity contribution in [2.45, 2.75) is 31.5 Å². The maximum absolute atomic E-state index is 10.6. The number of aliphatic carboxylic acids is 1. The van der Waals surface area contributed by atoms with Gasteiger partial charge in [-0.1, -0.05) is 0 Å². The van der Waals surface area contributed by atoms with Gasteiger partial charge in [0.05, 0.1) is 12.3 Å². The minimum Gasteiger partial charge on any atom is -0.475 e. The highest BCUT2D eigenvalue weighted by atomic mass is 19.4. The second-order valence-corrected chi connectivity index (χ2v) is 6.30. The van der Waals surface area contributed by atoms with Gasteiger partial charge in [-0.25, -0.2) is 4.79 Å². The standard InChI is InChI=1S/C13H21N3O.C2HF3O2/c1-15-7-12-11(9-17-2)6-16(5-10-3-4-10)8-13(12)14-15;3-2(4,5)1(6)7/h7,10-11H,3-6,8-9H2,1-2H3;(H,6,7). The number of carbonyl (C=O) groups is 1. The smallest absolute Gasteiger partial charge is 0.475 e. The van der Waals surface area contributed by atoms with Crippen molar-refractivity contribution in [1.82, 2.24) is 14.7 Å². The fraction of sp³-hybridized carbons (Fsp3) is 0.733. The van der Waals surface area contributed by atoms with Gasteiger partial charge in [-0.3, -0.25) is 9.58 Å². The Balaban J connectivity index is 0.000000256. The van der Waals surface area contributed by atoms with Gasteiger partial charge in [0, 0.05) is 51.5 Å². The molecule has 9 heteroatoms. The maximum Gasteiger partial charge on any atom is 0.490 e. The molecule has 6 nitrogen and oxygen atoms in total. The lowest BCUT2D eigenvalue weighted by molar-refractivity contribution is -0.192. The molecule has 1 aliphatic carbocycles. The van der Waals surface area contributed by atoms with Crippen LogP contribution in [0.2, 0.25) is 0 Å². The molecule has 0 saturated heterocycles. The number of aromatic nitrogens is 2. The van der Waals surface area contributed by atoms with Gasteiger partial charge in [-0.05, 0) is 18.8 Å². The lowest BCUT2D eigenvalue weighted by Crippen LogP contribution is -2.36. The summed E-state index contributed by atoms with van der Waals surface area (Å²) in [6, 6.07) is 0. The molecule has 24 heavy (non-hydrogen) atoms. The van der Waals surface area contributed by atoms with Crippen molar-refractivity contribution in [3.8, 4) is 0 Å². The minimum atomic E-state index is -5.08. The minimum absolute atomic E-state index is 0.496. The van der Waals surface area contributed by atoms with Crippen LogP contribution in [0.3, 0.4) is 0 Å². The summed E-state index contributed by atoms with van der Waals surface area (Å²) < 4.78 is 39.0. The molecule has 136 valence electrons. The summed E-state index contributed by atoms with van der Waals surface area (Å²) in [7, 11) is 3.79. The van der Waals surface area contributed by atoms with Gasteiger partial charge in [-0.15, -0.1) is 0 Å². The molecule has 1 atom stereocenters. The van der Waals surface area contributed by atoms with E-state index in [1.54, 1.807) is 7.11 Å². The van der Waals surface area contributed by atoms with Crippen LogP contribution in [0.15, 0.2) is 6.20 Å². The van der Waals surface area contributed by atoms with Crippen LogP contribution in [0.4, 0.5) is 13.2 Å². The van der Waals surface area contributed by atoms with Crippen molar-refractivity contribution in [3.63, 3.8) is 0 Å². The number of nitrogens with zero attached hydrogens (tertiary/aromatic N) is 3. The normalized spacial score (nSPS) is 21.0. The van der Waals surface area contributed by atoms with Crippen LogP contribution in [0, 0.1) is 5.92 Å². The Morgan fingerprint density at radius 2 is 2.08 bits per heavy atom.